The maximum Gasteiger partial charge on any atom is 0.343 e. The Bertz CT molecular complexity index is 1060. The molecule has 0 saturated carbocycles. The van der Waals surface area contributed by atoms with Gasteiger partial charge in [0.05, 0.1) is 12.7 Å². The maximum atomic E-state index is 12.9. The van der Waals surface area contributed by atoms with Crippen molar-refractivity contribution in [1.29, 1.82) is 0 Å². The van der Waals surface area contributed by atoms with Crippen molar-refractivity contribution in [2.24, 2.45) is 0 Å². The molecule has 3 aromatic rings. The van der Waals surface area contributed by atoms with Crippen LogP contribution in [0.1, 0.15) is 15.9 Å². The third-order valence-corrected chi connectivity index (χ3v) is 5.57. The predicted octanol–water partition coefficient (Wildman–Crippen LogP) is 5.11. The Morgan fingerprint density at radius 2 is 1.93 bits per heavy atom. The van der Waals surface area contributed by atoms with Gasteiger partial charge in [0.25, 0.3) is 5.91 Å². The van der Waals surface area contributed by atoms with Crippen molar-refractivity contribution in [3.63, 3.8) is 0 Å². The van der Waals surface area contributed by atoms with Crippen LogP contribution >= 0.6 is 27.7 Å². The van der Waals surface area contributed by atoms with Crippen molar-refractivity contribution < 1.29 is 19.1 Å². The Morgan fingerprint density at radius 1 is 1.13 bits per heavy atom. The molecule has 0 unspecified atom stereocenters. The molecule has 0 fully saturated rings. The van der Waals surface area contributed by atoms with E-state index in [1.165, 1.54) is 18.9 Å². The van der Waals surface area contributed by atoms with Gasteiger partial charge in [-0.2, -0.15) is 0 Å². The van der Waals surface area contributed by atoms with Gasteiger partial charge in [-0.3, -0.25) is 4.79 Å². The summed E-state index contributed by atoms with van der Waals surface area (Å²) < 4.78 is 10.8. The lowest BCUT2D eigenvalue weighted by Gasteiger charge is -2.13. The number of methoxy groups -OCH3 is 1. The molecule has 0 spiro atoms. The highest BCUT2D eigenvalue weighted by Crippen LogP contribution is 2.30. The summed E-state index contributed by atoms with van der Waals surface area (Å²) in [4.78, 5) is 29.3. The van der Waals surface area contributed by atoms with Crippen LogP contribution in [0.4, 0.5) is 5.69 Å². The smallest absolute Gasteiger partial charge is 0.343 e. The van der Waals surface area contributed by atoms with E-state index in [0.717, 1.165) is 20.0 Å². The van der Waals surface area contributed by atoms with Crippen LogP contribution in [0.15, 0.2) is 75.2 Å². The zero-order valence-electron chi connectivity index (χ0n) is 16.3. The molecule has 0 saturated heterocycles. The van der Waals surface area contributed by atoms with E-state index >= 15 is 0 Å². The van der Waals surface area contributed by atoms with Crippen molar-refractivity contribution in [2.75, 3.05) is 19.0 Å². The molecule has 3 rings (SSSR count). The Hall–Kier alpha value is -2.84. The summed E-state index contributed by atoms with van der Waals surface area (Å²) >= 11 is 4.79. The van der Waals surface area contributed by atoms with Gasteiger partial charge in [-0.25, -0.2) is 9.78 Å². The number of rotatable bonds is 7. The van der Waals surface area contributed by atoms with E-state index in [9.17, 15) is 9.59 Å². The second-order valence-electron chi connectivity index (χ2n) is 6.21. The van der Waals surface area contributed by atoms with Gasteiger partial charge in [-0.05, 0) is 70.9 Å². The topological polar surface area (TPSA) is 77.5 Å². The first kappa shape index (κ1) is 21.9. The van der Waals surface area contributed by atoms with Crippen molar-refractivity contribution in [1.82, 2.24) is 4.98 Å². The molecular weight excluding hydrogens is 468 g/mol. The highest BCUT2D eigenvalue weighted by molar-refractivity contribution is 9.10. The fourth-order valence-electron chi connectivity index (χ4n) is 2.54. The Labute approximate surface area is 187 Å². The largest absolute Gasteiger partial charge is 0.482 e. The van der Waals surface area contributed by atoms with Gasteiger partial charge in [0.1, 0.15) is 10.8 Å². The number of carbonyl (C=O) groups is 2. The summed E-state index contributed by atoms with van der Waals surface area (Å²) in [6, 6.07) is 16.4. The third-order valence-electron chi connectivity index (χ3n) is 4.08. The van der Waals surface area contributed by atoms with E-state index in [-0.39, 0.29) is 12.5 Å². The highest BCUT2D eigenvalue weighted by Gasteiger charge is 2.14. The SMILES string of the molecule is COC(=O)COc1ccc(NC(=O)c2ccccc2Sc2ccc(Br)cn2)c(C)c1. The number of halogens is 1. The van der Waals surface area contributed by atoms with Crippen LogP contribution in [0.2, 0.25) is 0 Å². The second kappa shape index (κ2) is 10.3. The fraction of sp³-hybridized carbons (Fsp3) is 0.136. The second-order valence-corrected chi connectivity index (χ2v) is 8.19. The van der Waals surface area contributed by atoms with E-state index in [4.69, 9.17) is 4.74 Å². The summed E-state index contributed by atoms with van der Waals surface area (Å²) in [5, 5.41) is 3.73. The molecule has 0 aliphatic heterocycles. The average molecular weight is 487 g/mol. The molecule has 1 aromatic heterocycles. The molecule has 2 aromatic carbocycles. The Kier molecular flexibility index (Phi) is 7.48. The van der Waals surface area contributed by atoms with Crippen molar-refractivity contribution in [2.45, 2.75) is 16.8 Å². The van der Waals surface area contributed by atoms with E-state index in [2.05, 4.69) is 31.0 Å². The predicted molar refractivity (Wildman–Crippen MR) is 119 cm³/mol. The lowest BCUT2D eigenvalue weighted by molar-refractivity contribution is -0.142. The lowest BCUT2D eigenvalue weighted by Crippen LogP contribution is -2.14. The van der Waals surface area contributed by atoms with Gasteiger partial charge in [-0.15, -0.1) is 0 Å². The molecule has 0 aliphatic carbocycles. The molecule has 0 atom stereocenters. The molecule has 1 amide bonds. The monoisotopic (exact) mass is 486 g/mol. The third kappa shape index (κ3) is 5.84. The van der Waals surface area contributed by atoms with Gasteiger partial charge < -0.3 is 14.8 Å². The first-order chi connectivity index (χ1) is 14.5. The number of carbonyl (C=O) groups excluding carboxylic acids is 2. The van der Waals surface area contributed by atoms with Crippen LogP contribution in [-0.2, 0) is 9.53 Å². The molecule has 0 radical (unpaired) electrons. The summed E-state index contributed by atoms with van der Waals surface area (Å²) in [5.74, 6) is -0.158. The number of ether oxygens (including phenoxy) is 2. The van der Waals surface area contributed by atoms with E-state index < -0.39 is 5.97 Å². The summed E-state index contributed by atoms with van der Waals surface area (Å²) in [7, 11) is 1.30. The number of amides is 1. The Morgan fingerprint density at radius 3 is 2.63 bits per heavy atom. The first-order valence-corrected chi connectivity index (χ1v) is 10.6. The van der Waals surface area contributed by atoms with Crippen molar-refractivity contribution in [3.8, 4) is 5.75 Å². The maximum absolute atomic E-state index is 12.9. The number of aryl methyl sites for hydroxylation is 1. The van der Waals surface area contributed by atoms with Crippen LogP contribution in [0.3, 0.4) is 0 Å². The number of hydrogen-bond donors (Lipinski definition) is 1. The van der Waals surface area contributed by atoms with Gasteiger partial charge in [0.15, 0.2) is 6.61 Å². The zero-order chi connectivity index (χ0) is 21.5. The van der Waals surface area contributed by atoms with Crippen LogP contribution in [0, 0.1) is 6.92 Å². The first-order valence-electron chi connectivity index (χ1n) is 8.96. The normalized spacial score (nSPS) is 10.4. The van der Waals surface area contributed by atoms with E-state index in [1.807, 2.05) is 37.3 Å². The minimum absolute atomic E-state index is 0.170. The lowest BCUT2D eigenvalue weighted by atomic mass is 10.1. The van der Waals surface area contributed by atoms with Crippen molar-refractivity contribution >= 4 is 45.3 Å². The number of anilines is 1. The number of aromatic nitrogens is 1. The van der Waals surface area contributed by atoms with Crippen LogP contribution in [0.5, 0.6) is 5.75 Å². The van der Waals surface area contributed by atoms with E-state index in [1.54, 1.807) is 30.5 Å². The number of nitrogens with one attached hydrogen (secondary N) is 1. The summed E-state index contributed by atoms with van der Waals surface area (Å²) in [6.45, 7) is 1.68. The quantitative estimate of drug-likeness (QED) is 0.467. The van der Waals surface area contributed by atoms with Crippen LogP contribution in [0.25, 0.3) is 0 Å². The highest BCUT2D eigenvalue weighted by atomic mass is 79.9. The Balaban J connectivity index is 1.73. The number of esters is 1. The molecule has 0 bridgehead atoms. The summed E-state index contributed by atoms with van der Waals surface area (Å²) in [6.07, 6.45) is 1.72. The van der Waals surface area contributed by atoms with Crippen molar-refractivity contribution in [3.05, 3.63) is 76.4 Å². The molecule has 0 aliphatic rings. The fourth-order valence-corrected chi connectivity index (χ4v) is 3.65. The molecule has 1 N–H and O–H groups in total. The molecule has 154 valence electrons. The zero-order valence-corrected chi connectivity index (χ0v) is 18.7. The van der Waals surface area contributed by atoms with Gasteiger partial charge in [-0.1, -0.05) is 23.9 Å². The van der Waals surface area contributed by atoms with Gasteiger partial charge in [0.2, 0.25) is 0 Å². The number of nitrogens with zero attached hydrogens (tertiary/aromatic N) is 1. The minimum atomic E-state index is -0.459. The molecular formula is C22H19BrN2O4S. The standard InChI is InChI=1S/C22H19BrN2O4S/c1-14-11-16(29-13-21(26)28-2)8-9-18(14)25-22(27)17-5-3-4-6-19(17)30-20-10-7-15(23)12-24-20/h3-12H,13H2,1-2H3,(H,25,27). The molecule has 8 heteroatoms. The molecule has 1 heterocycles. The van der Waals surface area contributed by atoms with Gasteiger partial charge >= 0.3 is 5.97 Å². The van der Waals surface area contributed by atoms with Crippen LogP contribution in [-0.4, -0.2) is 30.6 Å². The molecule has 6 nitrogen and oxygen atoms in total. The number of hydrogen-bond acceptors (Lipinski definition) is 6. The minimum Gasteiger partial charge on any atom is -0.482 e. The van der Waals surface area contributed by atoms with Gasteiger partial charge in [0, 0.05) is 21.3 Å². The average Bonchev–Trinajstić information content (AvgIpc) is 2.75. The molecule has 30 heavy (non-hydrogen) atoms. The number of pyridine rings is 1. The summed E-state index contributed by atoms with van der Waals surface area (Å²) in [5.41, 5.74) is 2.02. The number of benzene rings is 2. The van der Waals surface area contributed by atoms with E-state index in [0.29, 0.717) is 17.0 Å². The van der Waals surface area contributed by atoms with Crippen LogP contribution < -0.4 is 10.1 Å².